The molecule has 2 aliphatic rings. The molecule has 2 aromatic heterocycles. The number of nitrogens with zero attached hydrogens (tertiary/aromatic N) is 4. The van der Waals surface area contributed by atoms with E-state index in [0.29, 0.717) is 45.3 Å². The van der Waals surface area contributed by atoms with Crippen molar-refractivity contribution in [3.8, 4) is 10.6 Å². The number of amides is 1. The predicted octanol–water partition coefficient (Wildman–Crippen LogP) is 4.56. The highest BCUT2D eigenvalue weighted by atomic mass is 32.1. The zero-order valence-electron chi connectivity index (χ0n) is 15.7. The van der Waals surface area contributed by atoms with E-state index in [2.05, 4.69) is 19.7 Å². The van der Waals surface area contributed by atoms with Gasteiger partial charge in [0.25, 0.3) is 5.91 Å². The van der Waals surface area contributed by atoms with Crippen molar-refractivity contribution in [2.24, 2.45) is 0 Å². The van der Waals surface area contributed by atoms with Crippen molar-refractivity contribution < 1.29 is 9.18 Å². The first-order chi connectivity index (χ1) is 14.1. The molecule has 1 aliphatic carbocycles. The number of carbonyl (C=O) groups is 1. The van der Waals surface area contributed by atoms with Crippen molar-refractivity contribution >= 4 is 29.5 Å². The van der Waals surface area contributed by atoms with Crippen LogP contribution in [0.4, 0.5) is 4.39 Å². The van der Waals surface area contributed by atoms with Crippen LogP contribution in [0.3, 0.4) is 0 Å². The number of hydrogen-bond acceptors (Lipinski definition) is 5. The molecule has 0 bridgehead atoms. The number of hydrogen-bond donors (Lipinski definition) is 1. The molecule has 0 spiro atoms. The molecule has 1 aromatic carbocycles. The SMILES string of the molecule is O=C(c1cnc(-c2ccccc2F)s1)N1CCC(c2n[nH]c(=S)n2C2CC2)CC1. The lowest BCUT2D eigenvalue weighted by molar-refractivity contribution is 0.0715. The van der Waals surface area contributed by atoms with Crippen LogP contribution < -0.4 is 0 Å². The molecule has 1 aliphatic heterocycles. The molecule has 0 unspecified atom stereocenters. The zero-order chi connectivity index (χ0) is 20.0. The van der Waals surface area contributed by atoms with E-state index in [1.54, 1.807) is 24.4 Å². The van der Waals surface area contributed by atoms with Gasteiger partial charge in [-0.2, -0.15) is 5.10 Å². The van der Waals surface area contributed by atoms with E-state index < -0.39 is 0 Å². The molecule has 29 heavy (non-hydrogen) atoms. The topological polar surface area (TPSA) is 66.8 Å². The Morgan fingerprint density at radius 1 is 1.21 bits per heavy atom. The van der Waals surface area contributed by atoms with Gasteiger partial charge in [-0.3, -0.25) is 9.89 Å². The number of rotatable bonds is 4. The Bertz CT molecular complexity index is 1110. The Kier molecular flexibility index (Phi) is 4.79. The van der Waals surface area contributed by atoms with Gasteiger partial charge in [0.1, 0.15) is 21.5 Å². The second-order valence-corrected chi connectivity index (χ2v) is 8.98. The van der Waals surface area contributed by atoms with Crippen molar-refractivity contribution in [2.75, 3.05) is 13.1 Å². The minimum Gasteiger partial charge on any atom is -0.338 e. The maximum Gasteiger partial charge on any atom is 0.265 e. The fourth-order valence-corrected chi connectivity index (χ4v) is 5.12. The lowest BCUT2D eigenvalue weighted by Crippen LogP contribution is -2.38. The number of H-pyrrole nitrogens is 1. The van der Waals surface area contributed by atoms with Crippen molar-refractivity contribution in [3.05, 3.63) is 51.8 Å². The van der Waals surface area contributed by atoms with Gasteiger partial charge in [-0.05, 0) is 50.0 Å². The quantitative estimate of drug-likeness (QED) is 0.618. The van der Waals surface area contributed by atoms with Crippen LogP contribution in [0.2, 0.25) is 0 Å². The maximum absolute atomic E-state index is 14.0. The molecule has 0 radical (unpaired) electrons. The molecule has 9 heteroatoms. The average Bonchev–Trinajstić information content (AvgIpc) is 3.32. The number of carbonyl (C=O) groups excluding carboxylic acids is 1. The summed E-state index contributed by atoms with van der Waals surface area (Å²) >= 11 is 6.63. The smallest absolute Gasteiger partial charge is 0.265 e. The average molecular weight is 430 g/mol. The van der Waals surface area contributed by atoms with Gasteiger partial charge in [0, 0.05) is 30.6 Å². The summed E-state index contributed by atoms with van der Waals surface area (Å²) in [7, 11) is 0. The number of halogens is 1. The second kappa shape index (κ2) is 7.46. The molecule has 1 N–H and O–H groups in total. The zero-order valence-corrected chi connectivity index (χ0v) is 17.3. The summed E-state index contributed by atoms with van der Waals surface area (Å²) in [4.78, 5) is 19.6. The molecule has 6 nitrogen and oxygen atoms in total. The molecule has 3 heterocycles. The minimum absolute atomic E-state index is 0.0374. The Balaban J connectivity index is 1.28. The second-order valence-electron chi connectivity index (χ2n) is 7.56. The minimum atomic E-state index is -0.328. The molecule has 1 saturated carbocycles. The Hall–Kier alpha value is -2.39. The van der Waals surface area contributed by atoms with Gasteiger partial charge in [0.05, 0.1) is 6.20 Å². The van der Waals surface area contributed by atoms with Crippen LogP contribution in [0, 0.1) is 10.6 Å². The molecule has 0 atom stereocenters. The van der Waals surface area contributed by atoms with Crippen molar-refractivity contribution in [3.63, 3.8) is 0 Å². The van der Waals surface area contributed by atoms with Gasteiger partial charge in [-0.15, -0.1) is 11.3 Å². The molecule has 150 valence electrons. The van der Waals surface area contributed by atoms with Gasteiger partial charge in [0.2, 0.25) is 0 Å². The van der Waals surface area contributed by atoms with Crippen molar-refractivity contribution in [1.29, 1.82) is 0 Å². The lowest BCUT2D eigenvalue weighted by atomic mass is 9.95. The summed E-state index contributed by atoms with van der Waals surface area (Å²) in [6.07, 6.45) is 5.59. The summed E-state index contributed by atoms with van der Waals surface area (Å²) in [6.45, 7) is 1.33. The lowest BCUT2D eigenvalue weighted by Gasteiger charge is -2.31. The summed E-state index contributed by atoms with van der Waals surface area (Å²) in [5.41, 5.74) is 0.429. The number of aromatic amines is 1. The van der Waals surface area contributed by atoms with Gasteiger partial charge in [-0.25, -0.2) is 9.37 Å². The van der Waals surface area contributed by atoms with Crippen LogP contribution in [-0.4, -0.2) is 43.6 Å². The summed E-state index contributed by atoms with van der Waals surface area (Å²) in [5.74, 6) is 0.975. The number of aromatic nitrogens is 4. The third kappa shape index (κ3) is 3.53. The largest absolute Gasteiger partial charge is 0.338 e. The third-order valence-corrected chi connectivity index (χ3v) is 6.92. The van der Waals surface area contributed by atoms with Gasteiger partial charge >= 0.3 is 0 Å². The van der Waals surface area contributed by atoms with E-state index in [1.165, 1.54) is 17.4 Å². The first-order valence-corrected chi connectivity index (χ1v) is 11.0. The van der Waals surface area contributed by atoms with Crippen LogP contribution in [0.1, 0.15) is 53.1 Å². The fraction of sp³-hybridized carbons (Fsp3) is 0.400. The molecule has 3 aromatic rings. The standard InChI is InChI=1S/C20H20FN5OS2/c21-15-4-2-1-3-14(15)18-22-11-16(29-18)19(27)25-9-7-12(8-10-25)17-23-24-20(28)26(17)13-5-6-13/h1-4,11-13H,5-10H2,(H,24,28). The van der Waals surface area contributed by atoms with Crippen LogP contribution in [0.25, 0.3) is 10.6 Å². The fourth-order valence-electron chi connectivity index (χ4n) is 3.92. The first kappa shape index (κ1) is 18.6. The first-order valence-electron chi connectivity index (χ1n) is 9.78. The highest BCUT2D eigenvalue weighted by molar-refractivity contribution is 7.71. The Morgan fingerprint density at radius 2 is 1.97 bits per heavy atom. The molecule has 2 fully saturated rings. The van der Waals surface area contributed by atoms with E-state index >= 15 is 0 Å². The molecule has 1 amide bonds. The van der Waals surface area contributed by atoms with Crippen LogP contribution >= 0.6 is 23.6 Å². The molecule has 5 rings (SSSR count). The normalized spacial score (nSPS) is 17.6. The van der Waals surface area contributed by atoms with Gasteiger partial charge < -0.3 is 9.47 Å². The summed E-state index contributed by atoms with van der Waals surface area (Å²) in [5, 5.41) is 7.94. The van der Waals surface area contributed by atoms with Crippen molar-refractivity contribution in [2.45, 2.75) is 37.6 Å². The predicted molar refractivity (Wildman–Crippen MR) is 111 cm³/mol. The molecular weight excluding hydrogens is 409 g/mol. The van der Waals surface area contributed by atoms with E-state index in [0.717, 1.165) is 31.5 Å². The summed E-state index contributed by atoms with van der Waals surface area (Å²) in [6, 6.07) is 6.98. The monoisotopic (exact) mass is 429 g/mol. The number of benzene rings is 1. The van der Waals surface area contributed by atoms with Crippen LogP contribution in [-0.2, 0) is 0 Å². The van der Waals surface area contributed by atoms with Gasteiger partial charge in [0.15, 0.2) is 4.77 Å². The van der Waals surface area contributed by atoms with E-state index in [4.69, 9.17) is 12.2 Å². The maximum atomic E-state index is 14.0. The highest BCUT2D eigenvalue weighted by Gasteiger charge is 2.33. The Labute approximate surface area is 176 Å². The number of likely N-dealkylation sites (tertiary alicyclic amines) is 1. The number of nitrogens with one attached hydrogen (secondary N) is 1. The van der Waals surface area contributed by atoms with E-state index in [9.17, 15) is 9.18 Å². The van der Waals surface area contributed by atoms with Crippen LogP contribution in [0.15, 0.2) is 30.5 Å². The number of thiazole rings is 1. The highest BCUT2D eigenvalue weighted by Crippen LogP contribution is 2.39. The molecular formula is C20H20FN5OS2. The number of piperidine rings is 1. The molecule has 1 saturated heterocycles. The van der Waals surface area contributed by atoms with E-state index in [-0.39, 0.29) is 11.7 Å². The van der Waals surface area contributed by atoms with Crippen LogP contribution in [0.5, 0.6) is 0 Å². The van der Waals surface area contributed by atoms with Gasteiger partial charge in [-0.1, -0.05) is 12.1 Å². The summed E-state index contributed by atoms with van der Waals surface area (Å²) < 4.78 is 16.9. The van der Waals surface area contributed by atoms with Crippen molar-refractivity contribution in [1.82, 2.24) is 24.6 Å². The third-order valence-electron chi connectivity index (χ3n) is 5.61. The van der Waals surface area contributed by atoms with E-state index in [1.807, 2.05) is 4.90 Å². The Morgan fingerprint density at radius 3 is 2.69 bits per heavy atom.